The standard InChI is InChI=1S/C55H54N6O12/c1-68-28-29-70-54(67)60-42-19-17-35(10-9-21-57-53(56)66)30-41(42)55(52(60)65)45(50(63)59-24-22-58(23-25-59)33-36-18-20-43-44(31-36)72-34-71-43)47-51(64)73-48(38-13-6-3-7-14-38)46(37-11-4-2-5-12-37)61(47)49(55)39-15-8-16-40(32-39)69-27-26-62/h2-8,11-20,30-32,45-49,62H,21-29,33-34H2,1H3,(H3,56,57,66). The number of benzene rings is 5. The average molecular weight is 991 g/mol. The minimum atomic E-state index is -2.09. The molecule has 10 rings (SSSR count). The molecule has 3 saturated heterocycles. The Bertz CT molecular complexity index is 2960. The molecular weight excluding hydrogens is 937 g/mol. The summed E-state index contributed by atoms with van der Waals surface area (Å²) in [5.41, 5.74) is 6.89. The molecular formula is C55H54N6O12. The van der Waals surface area contributed by atoms with Crippen LogP contribution in [0, 0.1) is 17.8 Å². The molecule has 0 radical (unpaired) electrons. The van der Waals surface area contributed by atoms with Crippen molar-refractivity contribution in [2.75, 3.05) is 78.0 Å². The third kappa shape index (κ3) is 9.16. The minimum absolute atomic E-state index is 0.0337. The van der Waals surface area contributed by atoms with E-state index in [2.05, 4.69) is 22.1 Å². The SMILES string of the molecule is COCCOC(=O)N1C(=O)C2(c3cc(C#CCNC(N)=O)ccc31)C(C(=O)N1CCN(Cc3ccc4c(c3)OCO4)CC1)C1C(=O)OC(c3ccccc3)C(c3ccccc3)N1C2c1cccc(OCCO)c1. The van der Waals surface area contributed by atoms with E-state index in [9.17, 15) is 14.7 Å². The zero-order chi connectivity index (χ0) is 50.6. The van der Waals surface area contributed by atoms with Crippen molar-refractivity contribution in [3.63, 3.8) is 0 Å². The van der Waals surface area contributed by atoms with E-state index in [4.69, 9.17) is 34.2 Å². The molecule has 5 aliphatic heterocycles. The van der Waals surface area contributed by atoms with Crippen LogP contribution < -0.4 is 30.2 Å². The van der Waals surface area contributed by atoms with Gasteiger partial charge in [-0.05, 0) is 70.3 Å². The van der Waals surface area contributed by atoms with Gasteiger partial charge in [0, 0.05) is 45.4 Å². The molecule has 5 aromatic carbocycles. The number of fused-ring (bicyclic) bond motifs is 4. The number of urea groups is 1. The van der Waals surface area contributed by atoms with E-state index in [1.54, 1.807) is 41.3 Å². The third-order valence-corrected chi connectivity index (χ3v) is 14.1. The maximum atomic E-state index is 16.6. The summed E-state index contributed by atoms with van der Waals surface area (Å²) >= 11 is 0. The Balaban J connectivity index is 1.18. The number of hydrogen-bond acceptors (Lipinski definition) is 14. The van der Waals surface area contributed by atoms with Crippen LogP contribution >= 0.6 is 0 Å². The summed E-state index contributed by atoms with van der Waals surface area (Å²) in [6, 6.07) is 32.3. The summed E-state index contributed by atoms with van der Waals surface area (Å²) in [4.78, 5) is 81.6. The normalized spacial score (nSPS) is 23.0. The number of amides is 5. The monoisotopic (exact) mass is 990 g/mol. The summed E-state index contributed by atoms with van der Waals surface area (Å²) in [6.45, 7) is 1.53. The Morgan fingerprint density at radius 3 is 2.29 bits per heavy atom. The Hall–Kier alpha value is -7.95. The molecule has 18 heteroatoms. The number of piperazine rings is 1. The number of nitrogens with two attached hydrogens (primary N) is 1. The maximum absolute atomic E-state index is 16.6. The molecule has 3 fully saturated rings. The lowest BCUT2D eigenvalue weighted by molar-refractivity contribution is -0.179. The van der Waals surface area contributed by atoms with E-state index in [0.29, 0.717) is 53.6 Å². The minimum Gasteiger partial charge on any atom is -0.491 e. The molecule has 6 unspecified atom stereocenters. The van der Waals surface area contributed by atoms with Crippen LogP contribution in [-0.2, 0) is 40.6 Å². The van der Waals surface area contributed by atoms with Gasteiger partial charge in [-0.15, -0.1) is 0 Å². The predicted octanol–water partition coefficient (Wildman–Crippen LogP) is 4.60. The van der Waals surface area contributed by atoms with Gasteiger partial charge in [0.15, 0.2) is 11.5 Å². The van der Waals surface area contributed by atoms with Crippen molar-refractivity contribution in [3.05, 3.63) is 155 Å². The zero-order valence-electron chi connectivity index (χ0n) is 40.0. The lowest BCUT2D eigenvalue weighted by atomic mass is 9.64. The molecule has 5 aliphatic rings. The first-order valence-electron chi connectivity index (χ1n) is 24.1. The van der Waals surface area contributed by atoms with Gasteiger partial charge >= 0.3 is 18.1 Å². The number of carbonyl (C=O) groups is 5. The van der Waals surface area contributed by atoms with Crippen LogP contribution in [0.3, 0.4) is 0 Å². The first kappa shape index (κ1) is 48.7. The van der Waals surface area contributed by atoms with E-state index in [1.807, 2.05) is 89.8 Å². The molecule has 0 bridgehead atoms. The number of methoxy groups -OCH3 is 1. The van der Waals surface area contributed by atoms with Gasteiger partial charge in [0.05, 0.1) is 43.4 Å². The average Bonchev–Trinajstić information content (AvgIpc) is 4.09. The van der Waals surface area contributed by atoms with Gasteiger partial charge in [-0.3, -0.25) is 24.2 Å². The largest absolute Gasteiger partial charge is 0.491 e. The Labute approximate surface area is 421 Å². The molecule has 1 spiro atoms. The van der Waals surface area contributed by atoms with Crippen molar-refractivity contribution >= 4 is 35.6 Å². The number of aliphatic hydroxyl groups is 1. The van der Waals surface area contributed by atoms with Gasteiger partial charge in [0.2, 0.25) is 18.6 Å². The zero-order valence-corrected chi connectivity index (χ0v) is 40.0. The number of nitrogens with zero attached hydrogens (tertiary/aromatic N) is 4. The smallest absolute Gasteiger partial charge is 0.421 e. The molecule has 5 aromatic rings. The number of morpholine rings is 1. The number of rotatable bonds is 13. The van der Waals surface area contributed by atoms with Crippen molar-refractivity contribution in [1.29, 1.82) is 0 Å². The number of primary amides is 1. The number of esters is 1. The molecule has 0 aliphatic carbocycles. The molecule has 376 valence electrons. The summed E-state index contributed by atoms with van der Waals surface area (Å²) in [5, 5.41) is 12.3. The van der Waals surface area contributed by atoms with Crippen LogP contribution in [0.4, 0.5) is 15.3 Å². The highest BCUT2D eigenvalue weighted by Crippen LogP contribution is 2.66. The van der Waals surface area contributed by atoms with Crippen LogP contribution in [0.25, 0.3) is 0 Å². The van der Waals surface area contributed by atoms with Gasteiger partial charge in [-0.25, -0.2) is 14.5 Å². The van der Waals surface area contributed by atoms with E-state index >= 15 is 14.4 Å². The number of carbonyl (C=O) groups excluding carboxylic acids is 5. The van der Waals surface area contributed by atoms with Crippen molar-refractivity contribution in [1.82, 2.24) is 20.0 Å². The molecule has 0 saturated carbocycles. The summed E-state index contributed by atoms with van der Waals surface area (Å²) < 4.78 is 34.8. The second kappa shape index (κ2) is 21.0. The predicted molar refractivity (Wildman–Crippen MR) is 263 cm³/mol. The first-order valence-corrected chi connectivity index (χ1v) is 24.1. The fraction of sp³-hybridized carbons (Fsp3) is 0.327. The van der Waals surface area contributed by atoms with Crippen LogP contribution in [-0.4, -0.2) is 129 Å². The van der Waals surface area contributed by atoms with Gasteiger partial charge in [0.25, 0.3) is 0 Å². The van der Waals surface area contributed by atoms with E-state index < -0.39 is 65.5 Å². The number of anilines is 1. The third-order valence-electron chi connectivity index (χ3n) is 14.1. The Morgan fingerprint density at radius 2 is 1.55 bits per heavy atom. The first-order chi connectivity index (χ1) is 35.6. The number of ether oxygens (including phenoxy) is 6. The van der Waals surface area contributed by atoms with Crippen LogP contribution in [0.1, 0.15) is 51.6 Å². The van der Waals surface area contributed by atoms with E-state index in [1.165, 1.54) is 7.11 Å². The second-order valence-corrected chi connectivity index (χ2v) is 18.2. The number of cyclic esters (lactones) is 1. The Kier molecular flexibility index (Phi) is 14.0. The number of imide groups is 1. The molecule has 18 nitrogen and oxygen atoms in total. The van der Waals surface area contributed by atoms with Crippen molar-refractivity contribution in [3.8, 4) is 29.1 Å². The molecule has 0 aromatic heterocycles. The van der Waals surface area contributed by atoms with Crippen molar-refractivity contribution in [2.24, 2.45) is 11.7 Å². The van der Waals surface area contributed by atoms with Gasteiger partial charge in [-0.1, -0.05) is 90.7 Å². The fourth-order valence-corrected chi connectivity index (χ4v) is 11.1. The number of nitrogens with one attached hydrogen (secondary N) is 1. The van der Waals surface area contributed by atoms with Gasteiger partial charge < -0.3 is 49.5 Å². The lowest BCUT2D eigenvalue weighted by Gasteiger charge is -2.46. The van der Waals surface area contributed by atoms with Crippen LogP contribution in [0.15, 0.2) is 121 Å². The highest BCUT2D eigenvalue weighted by atomic mass is 16.7. The highest BCUT2D eigenvalue weighted by Gasteiger charge is 2.76. The fourth-order valence-electron chi connectivity index (χ4n) is 11.1. The maximum Gasteiger partial charge on any atom is 0.421 e. The molecule has 5 amide bonds. The quantitative estimate of drug-likeness (QED) is 0.0837. The molecule has 73 heavy (non-hydrogen) atoms. The number of hydrogen-bond donors (Lipinski definition) is 3. The second-order valence-electron chi connectivity index (χ2n) is 18.2. The van der Waals surface area contributed by atoms with Crippen molar-refractivity contribution < 1.29 is 57.5 Å². The summed E-state index contributed by atoms with van der Waals surface area (Å²) in [7, 11) is 1.46. The highest BCUT2D eigenvalue weighted by molar-refractivity contribution is 6.23. The lowest BCUT2D eigenvalue weighted by Crippen LogP contribution is -2.59. The summed E-state index contributed by atoms with van der Waals surface area (Å²) in [5.74, 6) is 4.09. The van der Waals surface area contributed by atoms with Gasteiger partial charge in [0.1, 0.15) is 36.5 Å². The van der Waals surface area contributed by atoms with Gasteiger partial charge in [-0.2, -0.15) is 0 Å². The van der Waals surface area contributed by atoms with Crippen molar-refractivity contribution in [2.45, 2.75) is 36.2 Å². The Morgan fingerprint density at radius 1 is 0.808 bits per heavy atom. The molecule has 6 atom stereocenters. The molecule has 4 N–H and O–H groups in total. The van der Waals surface area contributed by atoms with E-state index in [0.717, 1.165) is 16.0 Å². The number of aliphatic hydroxyl groups excluding tert-OH is 1. The van der Waals surface area contributed by atoms with Crippen LogP contribution in [0.2, 0.25) is 0 Å². The molecule has 5 heterocycles. The van der Waals surface area contributed by atoms with E-state index in [-0.39, 0.29) is 64.1 Å². The summed E-state index contributed by atoms with van der Waals surface area (Å²) in [6.07, 6.45) is -1.96. The van der Waals surface area contributed by atoms with Crippen LogP contribution in [0.5, 0.6) is 17.2 Å². The topological polar surface area (TPSA) is 212 Å².